The van der Waals surface area contributed by atoms with Gasteiger partial charge in [-0.25, -0.2) is 41.9 Å². The molecule has 2 aromatic carbocycles. The molecule has 0 radical (unpaired) electrons. The van der Waals surface area contributed by atoms with Crippen LogP contribution >= 0.6 is 0 Å². The molecule has 0 saturated heterocycles. The maximum Gasteiger partial charge on any atom is 4.00 e. The van der Waals surface area contributed by atoms with E-state index in [0.717, 1.165) is 87.0 Å². The van der Waals surface area contributed by atoms with Gasteiger partial charge in [0.25, 0.3) is 0 Å². The van der Waals surface area contributed by atoms with Gasteiger partial charge in [-0.15, -0.1) is 49.2 Å². The van der Waals surface area contributed by atoms with Crippen LogP contribution in [0.15, 0.2) is 85.0 Å². The summed E-state index contributed by atoms with van der Waals surface area (Å²) in [6, 6.07) is 17.9. The Labute approximate surface area is 331 Å². The molecule has 4 aromatic rings. The summed E-state index contributed by atoms with van der Waals surface area (Å²) < 4.78 is 58.1. The minimum absolute atomic E-state index is 0. The van der Waals surface area contributed by atoms with E-state index in [1.807, 2.05) is 59.4 Å². The van der Waals surface area contributed by atoms with Gasteiger partial charge in [-0.05, 0) is 87.0 Å². The molecule has 6 rings (SSSR count). The summed E-state index contributed by atoms with van der Waals surface area (Å²) in [7, 11) is 0. The summed E-state index contributed by atoms with van der Waals surface area (Å²) in [5.74, 6) is -1.82. The van der Waals surface area contributed by atoms with Gasteiger partial charge in [0.15, 0.2) is 0 Å². The Hall–Kier alpha value is -3.61. The van der Waals surface area contributed by atoms with Gasteiger partial charge in [0.2, 0.25) is 0 Å². The van der Waals surface area contributed by atoms with Gasteiger partial charge in [0, 0.05) is 46.0 Å². The third-order valence-electron chi connectivity index (χ3n) is 9.18. The standard InChI is InChI=1S/2C18H22F2N.2C5H5.Ti/c2*1-4-6-7-14(5-2)17-10-8-13(3)21(17)18-11-9-15(19)12-16(18)20;2*1-2-4-5-3-1;/h2*8-11,14H,4-7H2,1-3H3;2*1-3H,4H2;/q4*-1;+4. The van der Waals surface area contributed by atoms with Gasteiger partial charge in [-0.1, -0.05) is 53.4 Å². The van der Waals surface area contributed by atoms with Gasteiger partial charge in [-0.3, -0.25) is 12.2 Å². The first-order valence-electron chi connectivity index (χ1n) is 18.7. The van der Waals surface area contributed by atoms with Crippen molar-refractivity contribution in [1.29, 1.82) is 0 Å². The Morgan fingerprint density at radius 1 is 0.585 bits per heavy atom. The van der Waals surface area contributed by atoms with Crippen LogP contribution in [-0.2, 0) is 21.7 Å². The zero-order valence-corrected chi connectivity index (χ0v) is 33.8. The number of unbranched alkanes of at least 4 members (excludes halogenated alkanes) is 2. The maximum absolute atomic E-state index is 14.1. The van der Waals surface area contributed by atoms with Gasteiger partial charge in [0.1, 0.15) is 0 Å². The average molecular weight is 759 g/mol. The van der Waals surface area contributed by atoms with E-state index < -0.39 is 23.3 Å². The van der Waals surface area contributed by atoms with Gasteiger partial charge in [-0.2, -0.15) is 12.2 Å². The molecule has 2 nitrogen and oxygen atoms in total. The molecule has 53 heavy (non-hydrogen) atoms. The second-order valence-corrected chi connectivity index (χ2v) is 13.0. The van der Waals surface area contributed by atoms with Crippen LogP contribution in [0.3, 0.4) is 0 Å². The second-order valence-electron chi connectivity index (χ2n) is 13.0. The van der Waals surface area contributed by atoms with E-state index in [1.54, 1.807) is 0 Å². The first-order chi connectivity index (χ1) is 25.2. The molecule has 0 N–H and O–H groups in total. The van der Waals surface area contributed by atoms with Crippen molar-refractivity contribution in [3.8, 4) is 11.4 Å². The smallest absolute Gasteiger partial charge is 0.369 e. The van der Waals surface area contributed by atoms with Crippen molar-refractivity contribution >= 4 is 0 Å². The van der Waals surface area contributed by atoms with Gasteiger partial charge < -0.3 is 9.13 Å². The van der Waals surface area contributed by atoms with E-state index in [2.05, 4.69) is 76.3 Å². The zero-order valence-electron chi connectivity index (χ0n) is 32.2. The largest absolute Gasteiger partial charge is 4.00 e. The SMILES string of the molecule is CCCCC(CC)c1ccc(C)n1-c1ccc(F)[c-]c1F.CCCCC(CC)c1ccc(C)n1-c1ccc(F)[c-]c1F.[C-]1=CC=CC1.[C-]1=CC=CC1.[Ti+4]. The van der Waals surface area contributed by atoms with Crippen molar-refractivity contribution in [2.45, 2.75) is 118 Å². The number of halogens is 4. The molecule has 0 saturated carbocycles. The topological polar surface area (TPSA) is 9.86 Å². The molecular weight excluding hydrogens is 704 g/mol. The minimum atomic E-state index is -0.666. The molecular formula is C46H54F4N2Ti. The van der Waals surface area contributed by atoms with E-state index in [-0.39, 0.29) is 21.7 Å². The van der Waals surface area contributed by atoms with Crippen LogP contribution in [-0.4, -0.2) is 9.13 Å². The zero-order chi connectivity index (χ0) is 37.9. The molecule has 2 atom stereocenters. The van der Waals surface area contributed by atoms with Crippen LogP contribution in [0, 0.1) is 61.4 Å². The molecule has 0 spiro atoms. The second kappa shape index (κ2) is 24.7. The van der Waals surface area contributed by atoms with Crippen molar-refractivity contribution in [3.63, 3.8) is 0 Å². The molecule has 0 amide bonds. The normalized spacial score (nSPS) is 13.3. The molecule has 2 aliphatic rings. The predicted molar refractivity (Wildman–Crippen MR) is 207 cm³/mol. The van der Waals surface area contributed by atoms with Crippen molar-refractivity contribution in [2.75, 3.05) is 0 Å². The quantitative estimate of drug-likeness (QED) is 0.0774. The number of aryl methyl sites for hydroxylation is 2. The maximum atomic E-state index is 14.1. The fourth-order valence-corrected chi connectivity index (χ4v) is 6.33. The van der Waals surface area contributed by atoms with E-state index >= 15 is 0 Å². The number of hydrogen-bond donors (Lipinski definition) is 0. The molecule has 2 unspecified atom stereocenters. The summed E-state index contributed by atoms with van der Waals surface area (Å²) >= 11 is 0. The average Bonchev–Trinajstić information content (AvgIpc) is 3.98. The summed E-state index contributed by atoms with van der Waals surface area (Å²) in [6.45, 7) is 12.5. The summed E-state index contributed by atoms with van der Waals surface area (Å²) in [4.78, 5) is 0. The fraction of sp³-hybridized carbons (Fsp3) is 0.391. The predicted octanol–water partition coefficient (Wildman–Crippen LogP) is 13.7. The van der Waals surface area contributed by atoms with Gasteiger partial charge in [0.05, 0.1) is 0 Å². The molecule has 2 heterocycles. The van der Waals surface area contributed by atoms with Crippen molar-refractivity contribution in [3.05, 3.63) is 155 Å². The summed E-state index contributed by atoms with van der Waals surface area (Å²) in [6.07, 6.45) is 28.8. The number of rotatable bonds is 12. The minimum Gasteiger partial charge on any atom is -0.369 e. The molecule has 2 aliphatic carbocycles. The Balaban J connectivity index is 0.000000285. The Morgan fingerprint density at radius 2 is 0.981 bits per heavy atom. The van der Waals surface area contributed by atoms with Gasteiger partial charge >= 0.3 is 21.7 Å². The third kappa shape index (κ3) is 14.0. The van der Waals surface area contributed by atoms with Crippen molar-refractivity contribution in [1.82, 2.24) is 9.13 Å². The molecule has 0 aliphatic heterocycles. The van der Waals surface area contributed by atoms with Crippen molar-refractivity contribution in [2.24, 2.45) is 0 Å². The number of allylic oxidation sites excluding steroid dienone is 8. The van der Waals surface area contributed by atoms with Crippen LogP contribution in [0.2, 0.25) is 0 Å². The summed E-state index contributed by atoms with van der Waals surface area (Å²) in [5.41, 5.74) is 4.87. The van der Waals surface area contributed by atoms with E-state index in [1.165, 1.54) is 24.3 Å². The monoisotopic (exact) mass is 758 g/mol. The number of aromatic nitrogens is 2. The molecule has 280 valence electrons. The van der Waals surface area contributed by atoms with Crippen LogP contribution in [0.5, 0.6) is 0 Å². The van der Waals surface area contributed by atoms with E-state index in [4.69, 9.17) is 0 Å². The molecule has 7 heteroatoms. The number of benzene rings is 2. The first-order valence-corrected chi connectivity index (χ1v) is 18.7. The first kappa shape index (κ1) is 45.6. The number of hydrogen-bond acceptors (Lipinski definition) is 0. The molecule has 2 aromatic heterocycles. The Morgan fingerprint density at radius 3 is 1.25 bits per heavy atom. The van der Waals surface area contributed by atoms with Crippen LogP contribution in [0.25, 0.3) is 11.4 Å². The fourth-order valence-electron chi connectivity index (χ4n) is 6.33. The molecule has 0 bridgehead atoms. The van der Waals surface area contributed by atoms with Crippen molar-refractivity contribution < 1.29 is 39.3 Å². The third-order valence-corrected chi connectivity index (χ3v) is 9.18. The summed E-state index contributed by atoms with van der Waals surface area (Å²) in [5, 5.41) is 0. The Bertz CT molecular complexity index is 1630. The van der Waals surface area contributed by atoms with E-state index in [9.17, 15) is 17.6 Å². The molecule has 0 fully saturated rings. The van der Waals surface area contributed by atoms with Crippen LogP contribution in [0.4, 0.5) is 17.6 Å². The van der Waals surface area contributed by atoms with Crippen LogP contribution in [0.1, 0.15) is 127 Å². The van der Waals surface area contributed by atoms with E-state index in [0.29, 0.717) is 23.2 Å². The Kier molecular flexibility index (Phi) is 21.2. The van der Waals surface area contributed by atoms with Crippen LogP contribution < -0.4 is 0 Å². The number of nitrogens with zero attached hydrogens (tertiary/aromatic N) is 2.